The summed E-state index contributed by atoms with van der Waals surface area (Å²) in [5.74, 6) is 0.570. The summed E-state index contributed by atoms with van der Waals surface area (Å²) in [4.78, 5) is 4.07. The lowest BCUT2D eigenvalue weighted by Gasteiger charge is -2.05. The van der Waals surface area contributed by atoms with E-state index in [1.807, 2.05) is 18.2 Å². The van der Waals surface area contributed by atoms with E-state index in [0.717, 1.165) is 5.69 Å². The van der Waals surface area contributed by atoms with Gasteiger partial charge in [0.25, 0.3) is 0 Å². The van der Waals surface area contributed by atoms with Crippen LogP contribution >= 0.6 is 0 Å². The van der Waals surface area contributed by atoms with Gasteiger partial charge >= 0.3 is 0 Å². The molecule has 0 radical (unpaired) electrons. The number of rotatable bonds is 4. The molecule has 0 fully saturated rings. The third kappa shape index (κ3) is 2.36. The van der Waals surface area contributed by atoms with Crippen molar-refractivity contribution in [3.05, 3.63) is 36.7 Å². The molecule has 0 unspecified atom stereocenters. The third-order valence-corrected chi connectivity index (χ3v) is 1.34. The normalized spacial score (nSPS) is 9.42. The van der Waals surface area contributed by atoms with E-state index < -0.39 is 0 Å². The Balaban J connectivity index is 2.54. The highest BCUT2D eigenvalue weighted by Gasteiger charge is 1.97. The molecule has 2 N–H and O–H groups in total. The molecular formula is C9H12N2O. The van der Waals surface area contributed by atoms with E-state index in [-0.39, 0.29) is 0 Å². The van der Waals surface area contributed by atoms with E-state index in [0.29, 0.717) is 18.9 Å². The Morgan fingerprint density at radius 3 is 3.00 bits per heavy atom. The standard InChI is InChI=1S/C9H12N2O/c1-8(12-7-5-10)9-4-2-3-6-11-9/h2-4,6H,1,5,7,10H2. The number of hydrogen-bond acceptors (Lipinski definition) is 3. The monoisotopic (exact) mass is 164 g/mol. The number of nitrogens with zero attached hydrogens (tertiary/aromatic N) is 1. The molecule has 0 aliphatic rings. The van der Waals surface area contributed by atoms with Crippen LogP contribution in [0.1, 0.15) is 5.69 Å². The molecular weight excluding hydrogens is 152 g/mol. The molecule has 3 heteroatoms. The van der Waals surface area contributed by atoms with Crippen LogP contribution in [0.5, 0.6) is 0 Å². The topological polar surface area (TPSA) is 48.1 Å². The molecule has 0 amide bonds. The molecule has 0 saturated carbocycles. The van der Waals surface area contributed by atoms with Gasteiger partial charge in [-0.3, -0.25) is 4.98 Å². The average Bonchev–Trinajstić information content (AvgIpc) is 2.15. The summed E-state index contributed by atoms with van der Waals surface area (Å²) < 4.78 is 5.20. The highest BCUT2D eigenvalue weighted by atomic mass is 16.5. The first kappa shape index (κ1) is 8.74. The van der Waals surface area contributed by atoms with Crippen molar-refractivity contribution in [2.75, 3.05) is 13.2 Å². The highest BCUT2D eigenvalue weighted by molar-refractivity contribution is 5.52. The van der Waals surface area contributed by atoms with Crippen LogP contribution in [0, 0.1) is 0 Å². The molecule has 0 spiro atoms. The summed E-state index contributed by atoms with van der Waals surface area (Å²) in [6, 6.07) is 5.58. The summed E-state index contributed by atoms with van der Waals surface area (Å²) >= 11 is 0. The molecule has 0 saturated heterocycles. The zero-order valence-corrected chi connectivity index (χ0v) is 6.86. The Morgan fingerprint density at radius 2 is 2.42 bits per heavy atom. The van der Waals surface area contributed by atoms with Crippen molar-refractivity contribution in [3.8, 4) is 0 Å². The van der Waals surface area contributed by atoms with E-state index in [1.165, 1.54) is 0 Å². The number of pyridine rings is 1. The molecule has 1 aromatic rings. The van der Waals surface area contributed by atoms with E-state index >= 15 is 0 Å². The van der Waals surface area contributed by atoms with E-state index in [1.54, 1.807) is 6.20 Å². The average molecular weight is 164 g/mol. The Morgan fingerprint density at radius 1 is 1.58 bits per heavy atom. The van der Waals surface area contributed by atoms with Crippen molar-refractivity contribution in [3.63, 3.8) is 0 Å². The van der Waals surface area contributed by atoms with Gasteiger partial charge in [-0.05, 0) is 12.1 Å². The largest absolute Gasteiger partial charge is 0.491 e. The summed E-state index contributed by atoms with van der Waals surface area (Å²) in [7, 11) is 0. The number of aromatic nitrogens is 1. The summed E-state index contributed by atoms with van der Waals surface area (Å²) in [5.41, 5.74) is 6.02. The van der Waals surface area contributed by atoms with Crippen LogP contribution in [0.25, 0.3) is 5.76 Å². The van der Waals surface area contributed by atoms with Gasteiger partial charge in [-0.25, -0.2) is 0 Å². The fourth-order valence-electron chi connectivity index (χ4n) is 0.784. The third-order valence-electron chi connectivity index (χ3n) is 1.34. The second-order valence-electron chi connectivity index (χ2n) is 2.28. The molecule has 1 aromatic heterocycles. The van der Waals surface area contributed by atoms with Gasteiger partial charge in [-0.1, -0.05) is 12.6 Å². The van der Waals surface area contributed by atoms with Crippen LogP contribution in [0.3, 0.4) is 0 Å². The predicted octanol–water partition coefficient (Wildman–Crippen LogP) is 1.03. The molecule has 64 valence electrons. The molecule has 0 bridgehead atoms. The van der Waals surface area contributed by atoms with E-state index in [2.05, 4.69) is 11.6 Å². The van der Waals surface area contributed by atoms with Gasteiger partial charge in [0.05, 0.1) is 0 Å². The molecule has 0 aromatic carbocycles. The van der Waals surface area contributed by atoms with Gasteiger partial charge in [0.2, 0.25) is 0 Å². The van der Waals surface area contributed by atoms with Crippen LogP contribution in [0.4, 0.5) is 0 Å². The van der Waals surface area contributed by atoms with Gasteiger partial charge in [-0.2, -0.15) is 0 Å². The predicted molar refractivity (Wildman–Crippen MR) is 48.3 cm³/mol. The summed E-state index contributed by atoms with van der Waals surface area (Å²) in [6.45, 7) is 4.70. The molecule has 0 aliphatic carbocycles. The van der Waals surface area contributed by atoms with Crippen molar-refractivity contribution in [1.82, 2.24) is 4.98 Å². The maximum atomic E-state index is 5.27. The maximum absolute atomic E-state index is 5.27. The fraction of sp³-hybridized carbons (Fsp3) is 0.222. The second-order valence-corrected chi connectivity index (χ2v) is 2.28. The smallest absolute Gasteiger partial charge is 0.137 e. The van der Waals surface area contributed by atoms with Crippen molar-refractivity contribution in [2.24, 2.45) is 5.73 Å². The molecule has 3 nitrogen and oxygen atoms in total. The van der Waals surface area contributed by atoms with Crippen LogP contribution in [-0.4, -0.2) is 18.1 Å². The van der Waals surface area contributed by atoms with Gasteiger partial charge < -0.3 is 10.5 Å². The molecule has 1 rings (SSSR count). The molecule has 12 heavy (non-hydrogen) atoms. The number of hydrogen-bond donors (Lipinski definition) is 1. The quantitative estimate of drug-likeness (QED) is 0.676. The van der Waals surface area contributed by atoms with Gasteiger partial charge in [0, 0.05) is 12.7 Å². The lowest BCUT2D eigenvalue weighted by Crippen LogP contribution is -2.07. The zero-order valence-electron chi connectivity index (χ0n) is 6.86. The number of nitrogens with two attached hydrogens (primary N) is 1. The maximum Gasteiger partial charge on any atom is 0.137 e. The molecule has 0 aliphatic heterocycles. The van der Waals surface area contributed by atoms with Crippen molar-refractivity contribution in [1.29, 1.82) is 0 Å². The number of ether oxygens (including phenoxy) is 1. The first-order valence-electron chi connectivity index (χ1n) is 3.78. The summed E-state index contributed by atoms with van der Waals surface area (Å²) in [5, 5.41) is 0. The highest BCUT2D eigenvalue weighted by Crippen LogP contribution is 2.08. The zero-order chi connectivity index (χ0) is 8.81. The molecule has 0 atom stereocenters. The SMILES string of the molecule is C=C(OCCN)c1ccccn1. The van der Waals surface area contributed by atoms with Crippen molar-refractivity contribution < 1.29 is 4.74 Å². The Bertz CT molecular complexity index is 246. The minimum Gasteiger partial charge on any atom is -0.491 e. The van der Waals surface area contributed by atoms with Crippen molar-refractivity contribution in [2.45, 2.75) is 0 Å². The first-order valence-corrected chi connectivity index (χ1v) is 3.78. The fourth-order valence-corrected chi connectivity index (χ4v) is 0.784. The Hall–Kier alpha value is -1.35. The lowest BCUT2D eigenvalue weighted by molar-refractivity contribution is 0.287. The van der Waals surface area contributed by atoms with Crippen LogP contribution in [0.15, 0.2) is 31.0 Å². The Labute approximate surface area is 71.9 Å². The Kier molecular flexibility index (Phi) is 3.29. The lowest BCUT2D eigenvalue weighted by atomic mass is 10.3. The van der Waals surface area contributed by atoms with Gasteiger partial charge in [0.1, 0.15) is 18.1 Å². The molecule has 1 heterocycles. The summed E-state index contributed by atoms with van der Waals surface area (Å²) in [6.07, 6.45) is 1.70. The van der Waals surface area contributed by atoms with Gasteiger partial charge in [0.15, 0.2) is 0 Å². The van der Waals surface area contributed by atoms with Crippen LogP contribution in [-0.2, 0) is 4.74 Å². The van der Waals surface area contributed by atoms with Crippen LogP contribution < -0.4 is 5.73 Å². The minimum absolute atomic E-state index is 0.482. The van der Waals surface area contributed by atoms with Crippen LogP contribution in [0.2, 0.25) is 0 Å². The minimum atomic E-state index is 0.482. The first-order chi connectivity index (χ1) is 5.84. The van der Waals surface area contributed by atoms with E-state index in [4.69, 9.17) is 10.5 Å². The van der Waals surface area contributed by atoms with E-state index in [9.17, 15) is 0 Å². The van der Waals surface area contributed by atoms with Crippen molar-refractivity contribution >= 4 is 5.76 Å². The second kappa shape index (κ2) is 4.51. The van der Waals surface area contributed by atoms with Gasteiger partial charge in [-0.15, -0.1) is 0 Å².